The van der Waals surface area contributed by atoms with Gasteiger partial charge in [0.15, 0.2) is 11.5 Å². The molecule has 43 heavy (non-hydrogen) atoms. The van der Waals surface area contributed by atoms with Crippen molar-refractivity contribution >= 4 is 39.1 Å². The van der Waals surface area contributed by atoms with Crippen molar-refractivity contribution in [2.24, 2.45) is 0 Å². The van der Waals surface area contributed by atoms with Crippen molar-refractivity contribution in [2.75, 3.05) is 38.2 Å². The molecule has 0 heterocycles. The second-order valence-electron chi connectivity index (χ2n) is 9.42. The molecule has 3 rings (SSSR count). The lowest BCUT2D eigenvalue weighted by molar-refractivity contribution is -0.140. The van der Waals surface area contributed by atoms with Crippen molar-refractivity contribution in [3.63, 3.8) is 0 Å². The number of anilines is 1. The molecule has 0 bridgehead atoms. The number of carbonyl (C=O) groups is 2. The Morgan fingerprint density at radius 1 is 0.907 bits per heavy atom. The predicted octanol–water partition coefficient (Wildman–Crippen LogP) is 4.89. The molecule has 0 aliphatic carbocycles. The highest BCUT2D eigenvalue weighted by Gasteiger charge is 2.34. The molecule has 0 saturated heterocycles. The van der Waals surface area contributed by atoms with Gasteiger partial charge in [0, 0.05) is 24.2 Å². The van der Waals surface area contributed by atoms with E-state index < -0.39 is 28.5 Å². The third-order valence-electron chi connectivity index (χ3n) is 6.66. The molecule has 3 aromatic rings. The summed E-state index contributed by atoms with van der Waals surface area (Å²) >= 11 is 6.07. The Bertz CT molecular complexity index is 1480. The van der Waals surface area contributed by atoms with Crippen LogP contribution in [-0.2, 0) is 26.2 Å². The minimum Gasteiger partial charge on any atom is -0.494 e. The van der Waals surface area contributed by atoms with Gasteiger partial charge in [-0.15, -0.1) is 0 Å². The average Bonchev–Trinajstić information content (AvgIpc) is 3.01. The topological polar surface area (TPSA) is 114 Å². The number of ether oxygens (including phenoxy) is 3. The first-order valence-electron chi connectivity index (χ1n) is 13.9. The van der Waals surface area contributed by atoms with E-state index in [1.165, 1.54) is 37.3 Å². The Labute approximate surface area is 258 Å². The molecule has 0 unspecified atom stereocenters. The largest absolute Gasteiger partial charge is 0.494 e. The van der Waals surface area contributed by atoms with Gasteiger partial charge in [0.25, 0.3) is 10.0 Å². The zero-order valence-electron chi connectivity index (χ0n) is 25.0. The molecular weight excluding hydrogens is 594 g/mol. The molecule has 0 spiro atoms. The van der Waals surface area contributed by atoms with Gasteiger partial charge in [-0.25, -0.2) is 8.42 Å². The first-order chi connectivity index (χ1) is 20.6. The van der Waals surface area contributed by atoms with Crippen LogP contribution in [0.5, 0.6) is 17.2 Å². The fraction of sp³-hybridized carbons (Fsp3) is 0.355. The first kappa shape index (κ1) is 33.5. The Morgan fingerprint density at radius 3 is 2.12 bits per heavy atom. The molecule has 0 aliphatic heterocycles. The summed E-state index contributed by atoms with van der Waals surface area (Å²) in [5.41, 5.74) is 0.972. The Morgan fingerprint density at radius 2 is 1.56 bits per heavy atom. The fourth-order valence-electron chi connectivity index (χ4n) is 4.51. The molecule has 232 valence electrons. The van der Waals surface area contributed by atoms with E-state index in [4.69, 9.17) is 25.8 Å². The van der Waals surface area contributed by atoms with E-state index in [2.05, 4.69) is 5.32 Å². The van der Waals surface area contributed by atoms with Crippen molar-refractivity contribution < 1.29 is 32.2 Å². The maximum absolute atomic E-state index is 14.2. The van der Waals surface area contributed by atoms with E-state index in [0.29, 0.717) is 36.1 Å². The summed E-state index contributed by atoms with van der Waals surface area (Å²) in [4.78, 5) is 28.5. The van der Waals surface area contributed by atoms with Gasteiger partial charge in [-0.05, 0) is 74.4 Å². The second-order valence-corrected chi connectivity index (χ2v) is 11.7. The van der Waals surface area contributed by atoms with Gasteiger partial charge in [0.1, 0.15) is 18.3 Å². The normalized spacial score (nSPS) is 11.8. The highest BCUT2D eigenvalue weighted by molar-refractivity contribution is 7.92. The lowest BCUT2D eigenvalue weighted by Crippen LogP contribution is -2.52. The van der Waals surface area contributed by atoms with Crippen LogP contribution in [0.1, 0.15) is 32.8 Å². The molecule has 0 aromatic heterocycles. The van der Waals surface area contributed by atoms with Crippen LogP contribution in [0.4, 0.5) is 5.69 Å². The third kappa shape index (κ3) is 8.32. The van der Waals surface area contributed by atoms with Crippen LogP contribution in [0.3, 0.4) is 0 Å². The molecule has 1 N–H and O–H groups in total. The van der Waals surface area contributed by atoms with Crippen molar-refractivity contribution in [1.82, 2.24) is 10.2 Å². The molecule has 2 amide bonds. The first-order valence-corrected chi connectivity index (χ1v) is 15.7. The standard InChI is InChI=1S/C31H38ClN3O7S/c1-6-27(31(37)33-7-2)34(20-22-9-11-23(32)12-10-22)30(36)21-35(24-13-15-25(16-14-24)42-8-3)43(38,39)26-17-18-28(40-4)29(19-26)41-5/h9-19,27H,6-8,20-21H2,1-5H3,(H,33,37)/t27-/m0/s1. The van der Waals surface area contributed by atoms with Gasteiger partial charge >= 0.3 is 0 Å². The number of amides is 2. The van der Waals surface area contributed by atoms with Gasteiger partial charge in [-0.2, -0.15) is 0 Å². The highest BCUT2D eigenvalue weighted by atomic mass is 35.5. The third-order valence-corrected chi connectivity index (χ3v) is 8.68. The molecular formula is C31H38ClN3O7S. The number of sulfonamides is 1. The number of nitrogens with zero attached hydrogens (tertiary/aromatic N) is 2. The quantitative estimate of drug-likeness (QED) is 0.254. The van der Waals surface area contributed by atoms with Crippen LogP contribution in [0.25, 0.3) is 0 Å². The number of hydrogen-bond donors (Lipinski definition) is 1. The second kappa shape index (κ2) is 15.5. The van der Waals surface area contributed by atoms with Crippen LogP contribution in [0.2, 0.25) is 5.02 Å². The van der Waals surface area contributed by atoms with E-state index in [0.717, 1.165) is 9.87 Å². The maximum Gasteiger partial charge on any atom is 0.264 e. The lowest BCUT2D eigenvalue weighted by Gasteiger charge is -2.33. The van der Waals surface area contributed by atoms with E-state index in [1.54, 1.807) is 62.4 Å². The van der Waals surface area contributed by atoms with Crippen LogP contribution in [-0.4, -0.2) is 65.1 Å². The van der Waals surface area contributed by atoms with Gasteiger partial charge in [-0.3, -0.25) is 13.9 Å². The predicted molar refractivity (Wildman–Crippen MR) is 166 cm³/mol. The van der Waals surface area contributed by atoms with Crippen molar-refractivity contribution in [3.05, 3.63) is 77.3 Å². The monoisotopic (exact) mass is 631 g/mol. The molecule has 0 aliphatic rings. The van der Waals surface area contributed by atoms with Crippen molar-refractivity contribution in [1.29, 1.82) is 0 Å². The number of benzene rings is 3. The van der Waals surface area contributed by atoms with Crippen LogP contribution in [0, 0.1) is 0 Å². The minimum absolute atomic E-state index is 0.0686. The maximum atomic E-state index is 14.2. The van der Waals surface area contributed by atoms with Gasteiger partial charge in [-0.1, -0.05) is 30.7 Å². The molecule has 0 saturated carbocycles. The Kier molecular flexibility index (Phi) is 12.1. The van der Waals surface area contributed by atoms with Crippen molar-refractivity contribution in [3.8, 4) is 17.2 Å². The van der Waals surface area contributed by atoms with Gasteiger partial charge in [0.2, 0.25) is 11.8 Å². The average molecular weight is 632 g/mol. The molecule has 3 aromatic carbocycles. The number of rotatable bonds is 15. The zero-order valence-corrected chi connectivity index (χ0v) is 26.6. The zero-order chi connectivity index (χ0) is 31.6. The van der Waals surface area contributed by atoms with Crippen LogP contribution < -0.4 is 23.8 Å². The summed E-state index contributed by atoms with van der Waals surface area (Å²) < 4.78 is 45.5. The number of methoxy groups -OCH3 is 2. The van der Waals surface area contributed by atoms with Crippen LogP contribution in [0.15, 0.2) is 71.6 Å². The number of likely N-dealkylation sites (N-methyl/N-ethyl adjacent to an activating group) is 1. The van der Waals surface area contributed by atoms with E-state index in [-0.39, 0.29) is 28.8 Å². The molecule has 10 nitrogen and oxygen atoms in total. The highest BCUT2D eigenvalue weighted by Crippen LogP contribution is 2.33. The number of carbonyl (C=O) groups excluding carboxylic acids is 2. The molecule has 1 atom stereocenters. The summed E-state index contributed by atoms with van der Waals surface area (Å²) in [6, 6.07) is 16.7. The van der Waals surface area contributed by atoms with E-state index in [1.807, 2.05) is 6.92 Å². The summed E-state index contributed by atoms with van der Waals surface area (Å²) in [5.74, 6) is 0.224. The summed E-state index contributed by atoms with van der Waals surface area (Å²) in [7, 11) is -1.46. The Balaban J connectivity index is 2.10. The summed E-state index contributed by atoms with van der Waals surface area (Å²) in [6.45, 7) is 5.74. The van der Waals surface area contributed by atoms with E-state index >= 15 is 0 Å². The molecule has 12 heteroatoms. The van der Waals surface area contributed by atoms with Gasteiger partial charge in [0.05, 0.1) is 31.4 Å². The minimum atomic E-state index is -4.32. The van der Waals surface area contributed by atoms with Crippen LogP contribution >= 0.6 is 11.6 Å². The summed E-state index contributed by atoms with van der Waals surface area (Å²) in [5, 5.41) is 3.31. The smallest absolute Gasteiger partial charge is 0.264 e. The number of halogens is 1. The Hall–Kier alpha value is -3.96. The van der Waals surface area contributed by atoms with Crippen molar-refractivity contribution in [2.45, 2.75) is 44.7 Å². The summed E-state index contributed by atoms with van der Waals surface area (Å²) in [6.07, 6.45) is 0.316. The lowest BCUT2D eigenvalue weighted by atomic mass is 10.1. The van der Waals surface area contributed by atoms with E-state index in [9.17, 15) is 18.0 Å². The molecule has 0 radical (unpaired) electrons. The SMILES string of the molecule is CCNC(=O)[C@H](CC)N(Cc1ccc(Cl)cc1)C(=O)CN(c1ccc(OCC)cc1)S(=O)(=O)c1ccc(OC)c(OC)c1. The van der Waals surface area contributed by atoms with Gasteiger partial charge < -0.3 is 24.4 Å². The molecule has 0 fully saturated rings. The fourth-order valence-corrected chi connectivity index (χ4v) is 6.06. The number of hydrogen-bond acceptors (Lipinski definition) is 7. The number of nitrogens with one attached hydrogen (secondary N) is 1.